The number of thioether (sulfide) groups is 1. The Morgan fingerprint density at radius 1 is 0.828 bits per heavy atom. The van der Waals surface area contributed by atoms with E-state index < -0.39 is 8.07 Å². The third-order valence-electron chi connectivity index (χ3n) is 5.36. The summed E-state index contributed by atoms with van der Waals surface area (Å²) in [6.07, 6.45) is 3.05. The molecule has 29 heavy (non-hydrogen) atoms. The number of unbranched alkanes of at least 4 members (excludes halogenated alkanes) is 1. The average Bonchev–Trinajstić information content (AvgIpc) is 2.79. The molecule has 150 valence electrons. The van der Waals surface area contributed by atoms with Crippen LogP contribution in [0.5, 0.6) is 0 Å². The van der Waals surface area contributed by atoms with Gasteiger partial charge in [-0.2, -0.15) is 0 Å². The average molecular weight is 484 g/mol. The van der Waals surface area contributed by atoms with Crippen LogP contribution in [-0.2, 0) is 4.79 Å². The van der Waals surface area contributed by atoms with Crippen LogP contribution in [0.3, 0.4) is 0 Å². The summed E-state index contributed by atoms with van der Waals surface area (Å²) in [5.74, 6) is 0. The lowest BCUT2D eigenvalue weighted by molar-refractivity contribution is -0.112. The Balaban J connectivity index is 2.00. The molecular weight excluding hydrogens is 456 g/mol. The molecule has 1 unspecified atom stereocenters. The van der Waals surface area contributed by atoms with E-state index in [0.717, 1.165) is 24.6 Å². The van der Waals surface area contributed by atoms with Crippen LogP contribution in [0.2, 0.25) is 6.55 Å². The maximum atomic E-state index is 14.2. The van der Waals surface area contributed by atoms with E-state index >= 15 is 0 Å². The molecule has 0 saturated heterocycles. The third kappa shape index (κ3) is 5.50. The summed E-state index contributed by atoms with van der Waals surface area (Å²) in [7, 11) is -2.55. The van der Waals surface area contributed by atoms with Crippen LogP contribution in [-0.4, -0.2) is 24.1 Å². The quantitative estimate of drug-likeness (QED) is 0.159. The maximum Gasteiger partial charge on any atom is 0.192 e. The molecule has 4 heteroatoms. The highest BCUT2D eigenvalue weighted by Crippen LogP contribution is 2.30. The van der Waals surface area contributed by atoms with Gasteiger partial charge >= 0.3 is 0 Å². The van der Waals surface area contributed by atoms with Crippen molar-refractivity contribution < 1.29 is 4.79 Å². The van der Waals surface area contributed by atoms with Gasteiger partial charge in [0.2, 0.25) is 0 Å². The Bertz CT molecular complexity index is 847. The first-order valence-corrected chi connectivity index (χ1v) is 14.6. The molecule has 0 bridgehead atoms. The molecule has 1 atom stereocenters. The van der Waals surface area contributed by atoms with E-state index in [0.29, 0.717) is 5.41 Å². The molecular formula is C25H27BrOSSi. The van der Waals surface area contributed by atoms with Gasteiger partial charge in [-0.05, 0) is 35.3 Å². The summed E-state index contributed by atoms with van der Waals surface area (Å²) in [6.45, 7) is 2.23. The number of halogens is 1. The summed E-state index contributed by atoms with van der Waals surface area (Å²) in [5.41, 5.74) is 0. The van der Waals surface area contributed by atoms with Crippen LogP contribution >= 0.6 is 27.7 Å². The topological polar surface area (TPSA) is 17.1 Å². The first-order chi connectivity index (χ1) is 14.2. The van der Waals surface area contributed by atoms with Crippen LogP contribution in [0.4, 0.5) is 0 Å². The van der Waals surface area contributed by atoms with Crippen molar-refractivity contribution in [2.24, 2.45) is 0 Å². The Morgan fingerprint density at radius 3 is 1.79 bits per heavy atom. The molecule has 0 amide bonds. The van der Waals surface area contributed by atoms with Crippen molar-refractivity contribution in [1.29, 1.82) is 0 Å². The predicted molar refractivity (Wildman–Crippen MR) is 133 cm³/mol. The first-order valence-electron chi connectivity index (χ1n) is 10.1. The second-order valence-corrected chi connectivity index (χ2v) is 13.3. The predicted octanol–water partition coefficient (Wildman–Crippen LogP) is 5.71. The molecule has 1 nitrogen and oxygen atoms in total. The standard InChI is InChI=1S/C25H27BrOSSi/c1-29(22-15-7-3-8-16-22,23-17-9-4-10-18-23)25(27)24(19-11-12-20-26)28-21-13-5-2-6-14-21/h2-10,13-18,24H,11-12,19-20H2,1H3. The Kier molecular flexibility index (Phi) is 8.34. The van der Waals surface area contributed by atoms with E-state index in [-0.39, 0.29) is 5.25 Å². The minimum absolute atomic E-state index is 0.0338. The highest BCUT2D eigenvalue weighted by molar-refractivity contribution is 9.09. The van der Waals surface area contributed by atoms with E-state index in [1.54, 1.807) is 11.8 Å². The van der Waals surface area contributed by atoms with Crippen LogP contribution in [0.25, 0.3) is 0 Å². The molecule has 0 heterocycles. The lowest BCUT2D eigenvalue weighted by atomic mass is 10.2. The minimum Gasteiger partial charge on any atom is -0.303 e. The van der Waals surface area contributed by atoms with Crippen LogP contribution in [0, 0.1) is 0 Å². The molecule has 0 aliphatic heterocycles. The lowest BCUT2D eigenvalue weighted by Crippen LogP contribution is -2.64. The number of hydrogen-bond donors (Lipinski definition) is 0. The fourth-order valence-electron chi connectivity index (χ4n) is 3.65. The van der Waals surface area contributed by atoms with Gasteiger partial charge in [-0.3, -0.25) is 0 Å². The summed E-state index contributed by atoms with van der Waals surface area (Å²) in [4.78, 5) is 15.4. The Morgan fingerprint density at radius 2 is 1.31 bits per heavy atom. The minimum atomic E-state index is -2.55. The zero-order chi connectivity index (χ0) is 20.5. The third-order valence-corrected chi connectivity index (χ3v) is 11.7. The lowest BCUT2D eigenvalue weighted by Gasteiger charge is -2.31. The van der Waals surface area contributed by atoms with Crippen molar-refractivity contribution in [2.75, 3.05) is 5.33 Å². The summed E-state index contributed by atoms with van der Waals surface area (Å²) in [6, 6.07) is 31.2. The fraction of sp³-hybridized carbons (Fsp3) is 0.240. The number of hydrogen-bond acceptors (Lipinski definition) is 2. The van der Waals surface area contributed by atoms with Gasteiger partial charge in [-0.25, -0.2) is 0 Å². The number of rotatable bonds is 10. The van der Waals surface area contributed by atoms with Gasteiger partial charge in [0, 0.05) is 10.2 Å². The summed E-state index contributed by atoms with van der Waals surface area (Å²) < 4.78 is 0. The number of benzene rings is 3. The van der Waals surface area contributed by atoms with Crippen molar-refractivity contribution >= 4 is 51.5 Å². The number of carbonyl (C=O) groups is 1. The van der Waals surface area contributed by atoms with Gasteiger partial charge in [0.25, 0.3) is 0 Å². The normalized spacial score (nSPS) is 12.5. The highest BCUT2D eigenvalue weighted by Gasteiger charge is 2.43. The zero-order valence-electron chi connectivity index (χ0n) is 16.8. The summed E-state index contributed by atoms with van der Waals surface area (Å²) >= 11 is 5.27. The largest absolute Gasteiger partial charge is 0.303 e. The number of carbonyl (C=O) groups excluding carboxylic acids is 1. The SMILES string of the molecule is C[Si](C(=O)C(CCCCBr)Sc1ccccc1)(c1ccccc1)c1ccccc1. The van der Waals surface area contributed by atoms with Gasteiger partial charge in [-0.15, -0.1) is 11.8 Å². The monoisotopic (exact) mass is 482 g/mol. The van der Waals surface area contributed by atoms with Gasteiger partial charge in [0.05, 0.1) is 5.25 Å². The zero-order valence-corrected chi connectivity index (χ0v) is 20.2. The highest BCUT2D eigenvalue weighted by atomic mass is 79.9. The van der Waals surface area contributed by atoms with Crippen molar-refractivity contribution in [1.82, 2.24) is 0 Å². The Labute approximate surface area is 188 Å². The van der Waals surface area contributed by atoms with Crippen LogP contribution < -0.4 is 10.4 Å². The van der Waals surface area contributed by atoms with Crippen molar-refractivity contribution in [3.63, 3.8) is 0 Å². The van der Waals surface area contributed by atoms with Crippen LogP contribution in [0.1, 0.15) is 19.3 Å². The molecule has 3 rings (SSSR count). The smallest absolute Gasteiger partial charge is 0.192 e. The van der Waals surface area contributed by atoms with E-state index in [2.05, 4.69) is 83.1 Å². The molecule has 0 aromatic heterocycles. The summed E-state index contributed by atoms with van der Waals surface area (Å²) in [5, 5.41) is 3.74. The molecule has 0 fully saturated rings. The first kappa shape index (κ1) is 22.1. The van der Waals surface area contributed by atoms with Gasteiger partial charge in [-0.1, -0.05) is 108 Å². The molecule has 0 aliphatic carbocycles. The molecule has 0 radical (unpaired) electrons. The van der Waals surface area contributed by atoms with Crippen molar-refractivity contribution in [3.8, 4) is 0 Å². The molecule has 0 saturated carbocycles. The van der Waals surface area contributed by atoms with Crippen molar-refractivity contribution in [3.05, 3.63) is 91.0 Å². The molecule has 3 aromatic carbocycles. The maximum absolute atomic E-state index is 14.2. The Hall–Kier alpha value is -1.62. The van der Waals surface area contributed by atoms with Crippen LogP contribution in [0.15, 0.2) is 95.9 Å². The molecule has 3 aromatic rings. The van der Waals surface area contributed by atoms with E-state index in [1.165, 1.54) is 15.3 Å². The van der Waals surface area contributed by atoms with E-state index in [1.807, 2.05) is 30.3 Å². The second-order valence-electron chi connectivity index (χ2n) is 7.33. The van der Waals surface area contributed by atoms with Crippen molar-refractivity contribution in [2.45, 2.75) is 36.0 Å². The fourth-order valence-corrected chi connectivity index (χ4v) is 9.37. The van der Waals surface area contributed by atoms with Gasteiger partial charge in [0.15, 0.2) is 8.07 Å². The van der Waals surface area contributed by atoms with Gasteiger partial charge in [0.1, 0.15) is 5.41 Å². The number of alkyl halides is 1. The molecule has 0 spiro atoms. The second kappa shape index (κ2) is 11.0. The molecule has 0 aliphatic rings. The van der Waals surface area contributed by atoms with E-state index in [4.69, 9.17) is 0 Å². The van der Waals surface area contributed by atoms with Gasteiger partial charge < -0.3 is 4.79 Å². The molecule has 0 N–H and O–H groups in total. The van der Waals surface area contributed by atoms with E-state index in [9.17, 15) is 4.79 Å².